The minimum absolute atomic E-state index is 0.331. The predicted molar refractivity (Wildman–Crippen MR) is 66.0 cm³/mol. The van der Waals surface area contributed by atoms with Crippen LogP contribution in [-0.2, 0) is 0 Å². The molecule has 2 rings (SSSR count). The van der Waals surface area contributed by atoms with Crippen molar-refractivity contribution in [2.75, 3.05) is 14.2 Å². The van der Waals surface area contributed by atoms with Crippen LogP contribution < -0.4 is 9.47 Å². The maximum atomic E-state index is 10.7. The Bertz CT molecular complexity index is 570. The van der Waals surface area contributed by atoms with Crippen LogP contribution in [0.3, 0.4) is 0 Å². The summed E-state index contributed by atoms with van der Waals surface area (Å²) < 4.78 is 10.4. The summed E-state index contributed by atoms with van der Waals surface area (Å²) >= 11 is 0. The number of carbonyl (C=O) groups is 1. The maximum absolute atomic E-state index is 10.7. The number of rotatable bonds is 4. The summed E-state index contributed by atoms with van der Waals surface area (Å²) in [6.45, 7) is 0. The van der Waals surface area contributed by atoms with Gasteiger partial charge in [-0.1, -0.05) is 0 Å². The number of aromatic nitrogens is 2. The van der Waals surface area contributed by atoms with Crippen molar-refractivity contribution in [3.05, 3.63) is 36.3 Å². The Morgan fingerprint density at radius 1 is 1.11 bits per heavy atom. The molecule has 0 saturated carbocycles. The fourth-order valence-electron chi connectivity index (χ4n) is 1.59. The Balaban J connectivity index is 2.52. The molecule has 92 valence electrons. The summed E-state index contributed by atoms with van der Waals surface area (Å²) in [5.41, 5.74) is 1.74. The van der Waals surface area contributed by atoms with Crippen LogP contribution in [-0.4, -0.2) is 30.5 Å². The molecular weight excluding hydrogens is 232 g/mol. The minimum atomic E-state index is 0.331. The molecule has 2 aromatic rings. The molecular formula is C13H12N2O3. The molecule has 0 aliphatic carbocycles. The molecule has 0 unspecified atom stereocenters. The van der Waals surface area contributed by atoms with E-state index in [0.717, 1.165) is 5.56 Å². The van der Waals surface area contributed by atoms with Crippen LogP contribution in [0, 0.1) is 0 Å². The molecule has 0 aliphatic rings. The van der Waals surface area contributed by atoms with Crippen molar-refractivity contribution in [2.45, 2.75) is 0 Å². The van der Waals surface area contributed by atoms with Gasteiger partial charge in [-0.25, -0.2) is 9.97 Å². The number of nitrogens with zero attached hydrogens (tertiary/aromatic N) is 2. The summed E-state index contributed by atoms with van der Waals surface area (Å²) in [6.07, 6.45) is 2.03. The van der Waals surface area contributed by atoms with Crippen LogP contribution in [0.25, 0.3) is 11.3 Å². The second-order valence-corrected chi connectivity index (χ2v) is 3.51. The smallest absolute Gasteiger partial charge is 0.168 e. The van der Waals surface area contributed by atoms with Gasteiger partial charge >= 0.3 is 0 Å². The van der Waals surface area contributed by atoms with Crippen LogP contribution in [0.1, 0.15) is 10.5 Å². The molecule has 0 aliphatic heterocycles. The second kappa shape index (κ2) is 5.27. The molecule has 5 nitrogen and oxygen atoms in total. The van der Waals surface area contributed by atoms with E-state index in [9.17, 15) is 4.79 Å². The molecule has 0 spiro atoms. The first-order valence-corrected chi connectivity index (χ1v) is 5.28. The molecule has 0 N–H and O–H groups in total. The highest BCUT2D eigenvalue weighted by Crippen LogP contribution is 2.31. The van der Waals surface area contributed by atoms with E-state index in [1.165, 1.54) is 6.33 Å². The van der Waals surface area contributed by atoms with Gasteiger partial charge in [-0.3, -0.25) is 4.79 Å². The Kier molecular flexibility index (Phi) is 3.52. The average Bonchev–Trinajstić information content (AvgIpc) is 2.46. The minimum Gasteiger partial charge on any atom is -0.497 e. The molecule has 1 heterocycles. The highest BCUT2D eigenvalue weighted by Gasteiger charge is 2.09. The van der Waals surface area contributed by atoms with Gasteiger partial charge in [0.1, 0.15) is 23.5 Å². The van der Waals surface area contributed by atoms with E-state index in [0.29, 0.717) is 29.2 Å². The summed E-state index contributed by atoms with van der Waals surface area (Å²) in [6, 6.07) is 7.00. The summed E-state index contributed by atoms with van der Waals surface area (Å²) in [7, 11) is 3.16. The summed E-state index contributed by atoms with van der Waals surface area (Å²) in [4.78, 5) is 18.7. The fraction of sp³-hybridized carbons (Fsp3) is 0.154. The highest BCUT2D eigenvalue weighted by atomic mass is 16.5. The van der Waals surface area contributed by atoms with E-state index in [4.69, 9.17) is 9.47 Å². The number of hydrogen-bond acceptors (Lipinski definition) is 5. The normalized spacial score (nSPS) is 9.89. The molecule has 0 atom stereocenters. The standard InChI is InChI=1S/C13H12N2O3/c1-17-10-3-4-11(13(6-10)18-2)12-5-9(7-16)14-8-15-12/h3-8H,1-2H3. The SMILES string of the molecule is COc1ccc(-c2cc(C=O)ncn2)c(OC)c1. The van der Waals surface area contributed by atoms with Crippen molar-refractivity contribution in [1.82, 2.24) is 9.97 Å². The fourth-order valence-corrected chi connectivity index (χ4v) is 1.59. The molecule has 18 heavy (non-hydrogen) atoms. The number of carbonyl (C=O) groups excluding carboxylic acids is 1. The molecule has 0 fully saturated rings. The lowest BCUT2D eigenvalue weighted by Crippen LogP contribution is -1.94. The van der Waals surface area contributed by atoms with Gasteiger partial charge in [0, 0.05) is 11.6 Å². The maximum Gasteiger partial charge on any atom is 0.168 e. The third kappa shape index (κ3) is 2.29. The van der Waals surface area contributed by atoms with Gasteiger partial charge in [-0.2, -0.15) is 0 Å². The van der Waals surface area contributed by atoms with Crippen molar-refractivity contribution in [3.63, 3.8) is 0 Å². The Morgan fingerprint density at radius 2 is 1.94 bits per heavy atom. The average molecular weight is 244 g/mol. The van der Waals surface area contributed by atoms with Gasteiger partial charge < -0.3 is 9.47 Å². The lowest BCUT2D eigenvalue weighted by molar-refractivity contribution is 0.111. The van der Waals surface area contributed by atoms with Crippen LogP contribution in [0.15, 0.2) is 30.6 Å². The van der Waals surface area contributed by atoms with E-state index < -0.39 is 0 Å². The van der Waals surface area contributed by atoms with Crippen molar-refractivity contribution < 1.29 is 14.3 Å². The summed E-state index contributed by atoms with van der Waals surface area (Å²) in [5.74, 6) is 1.32. The number of methoxy groups -OCH3 is 2. The van der Waals surface area contributed by atoms with E-state index in [-0.39, 0.29) is 0 Å². The molecule has 0 radical (unpaired) electrons. The zero-order valence-corrected chi connectivity index (χ0v) is 10.1. The first-order chi connectivity index (χ1) is 8.78. The zero-order chi connectivity index (χ0) is 13.0. The molecule has 0 saturated heterocycles. The first kappa shape index (κ1) is 12.0. The van der Waals surface area contributed by atoms with Crippen LogP contribution >= 0.6 is 0 Å². The molecule has 0 amide bonds. The van der Waals surface area contributed by atoms with Gasteiger partial charge in [-0.05, 0) is 18.2 Å². The van der Waals surface area contributed by atoms with E-state index in [1.54, 1.807) is 32.4 Å². The molecule has 1 aromatic heterocycles. The van der Waals surface area contributed by atoms with Crippen LogP contribution in [0.5, 0.6) is 11.5 Å². The molecule has 0 bridgehead atoms. The van der Waals surface area contributed by atoms with Crippen molar-refractivity contribution in [3.8, 4) is 22.8 Å². The third-order valence-electron chi connectivity index (χ3n) is 2.49. The summed E-state index contributed by atoms with van der Waals surface area (Å²) in [5, 5.41) is 0. The number of aldehydes is 1. The van der Waals surface area contributed by atoms with Crippen LogP contribution in [0.4, 0.5) is 0 Å². The van der Waals surface area contributed by atoms with Gasteiger partial charge in [0.15, 0.2) is 6.29 Å². The Labute approximate surface area is 104 Å². The number of hydrogen-bond donors (Lipinski definition) is 0. The monoisotopic (exact) mass is 244 g/mol. The predicted octanol–water partition coefficient (Wildman–Crippen LogP) is 1.97. The van der Waals surface area contributed by atoms with Crippen molar-refractivity contribution in [2.24, 2.45) is 0 Å². The van der Waals surface area contributed by atoms with E-state index >= 15 is 0 Å². The third-order valence-corrected chi connectivity index (χ3v) is 2.49. The van der Waals surface area contributed by atoms with E-state index in [2.05, 4.69) is 9.97 Å². The lowest BCUT2D eigenvalue weighted by atomic mass is 10.1. The topological polar surface area (TPSA) is 61.3 Å². The quantitative estimate of drug-likeness (QED) is 0.769. The van der Waals surface area contributed by atoms with Gasteiger partial charge in [0.2, 0.25) is 0 Å². The van der Waals surface area contributed by atoms with Gasteiger partial charge in [0.05, 0.1) is 19.9 Å². The second-order valence-electron chi connectivity index (χ2n) is 3.51. The van der Waals surface area contributed by atoms with Crippen LogP contribution in [0.2, 0.25) is 0 Å². The molecule has 1 aromatic carbocycles. The van der Waals surface area contributed by atoms with Gasteiger partial charge in [0.25, 0.3) is 0 Å². The Hall–Kier alpha value is -2.43. The number of ether oxygens (including phenoxy) is 2. The highest BCUT2D eigenvalue weighted by molar-refractivity contribution is 5.76. The zero-order valence-electron chi connectivity index (χ0n) is 10.1. The Morgan fingerprint density at radius 3 is 2.61 bits per heavy atom. The van der Waals surface area contributed by atoms with Gasteiger partial charge in [-0.15, -0.1) is 0 Å². The first-order valence-electron chi connectivity index (χ1n) is 5.28. The van der Waals surface area contributed by atoms with Crippen molar-refractivity contribution >= 4 is 6.29 Å². The van der Waals surface area contributed by atoms with E-state index in [1.807, 2.05) is 6.07 Å². The van der Waals surface area contributed by atoms with Crippen molar-refractivity contribution in [1.29, 1.82) is 0 Å². The largest absolute Gasteiger partial charge is 0.497 e. The molecule has 5 heteroatoms. The number of benzene rings is 1. The lowest BCUT2D eigenvalue weighted by Gasteiger charge is -2.09.